The van der Waals surface area contributed by atoms with Crippen molar-refractivity contribution >= 4 is 5.69 Å². The van der Waals surface area contributed by atoms with E-state index in [1.165, 1.54) is 37.8 Å². The van der Waals surface area contributed by atoms with E-state index in [2.05, 4.69) is 17.0 Å². The minimum Gasteiger partial charge on any atom is -0.406 e. The fourth-order valence-electron chi connectivity index (χ4n) is 3.25. The summed E-state index contributed by atoms with van der Waals surface area (Å²) in [6, 6.07) is 14.5. The van der Waals surface area contributed by atoms with Crippen LogP contribution in [0.25, 0.3) is 11.1 Å². The van der Waals surface area contributed by atoms with Gasteiger partial charge in [0, 0.05) is 11.7 Å². The number of anilines is 1. The van der Waals surface area contributed by atoms with Crippen molar-refractivity contribution in [1.29, 1.82) is 0 Å². The fraction of sp³-hybridized carbons (Fsp3) is 0.400. The maximum Gasteiger partial charge on any atom is 0.573 e. The van der Waals surface area contributed by atoms with Crippen molar-refractivity contribution in [2.45, 2.75) is 45.0 Å². The van der Waals surface area contributed by atoms with Crippen LogP contribution in [0, 0.1) is 5.92 Å². The molecule has 1 aliphatic carbocycles. The van der Waals surface area contributed by atoms with Gasteiger partial charge < -0.3 is 10.1 Å². The van der Waals surface area contributed by atoms with Crippen LogP contribution in [0.15, 0.2) is 48.5 Å². The average Bonchev–Trinajstić information content (AvgIpc) is 2.57. The van der Waals surface area contributed by atoms with E-state index in [0.29, 0.717) is 6.04 Å². The maximum absolute atomic E-state index is 12.2. The SMILES string of the molecule is C[C@H]1CC[C@H](Nc2ccc(-c3ccc(OC(F)(F)F)cc3)cc2)CC1. The molecule has 0 heterocycles. The number of halogens is 3. The Balaban J connectivity index is 1.62. The first-order valence-electron chi connectivity index (χ1n) is 8.62. The Kier molecular flexibility index (Phi) is 5.21. The molecule has 3 rings (SSSR count). The second-order valence-corrected chi connectivity index (χ2v) is 6.75. The highest BCUT2D eigenvalue weighted by Crippen LogP contribution is 2.29. The predicted molar refractivity (Wildman–Crippen MR) is 93.6 cm³/mol. The quantitative estimate of drug-likeness (QED) is 0.705. The van der Waals surface area contributed by atoms with Crippen LogP contribution in [0.3, 0.4) is 0 Å². The maximum atomic E-state index is 12.2. The molecule has 2 aromatic carbocycles. The summed E-state index contributed by atoms with van der Waals surface area (Å²) in [4.78, 5) is 0. The van der Waals surface area contributed by atoms with Gasteiger partial charge in [-0.1, -0.05) is 31.2 Å². The number of nitrogens with one attached hydrogen (secondary N) is 1. The molecule has 134 valence electrons. The number of ether oxygens (including phenoxy) is 1. The second kappa shape index (κ2) is 7.38. The third kappa shape index (κ3) is 5.15. The van der Waals surface area contributed by atoms with Crippen LogP contribution in [0.4, 0.5) is 18.9 Å². The number of hydrogen-bond acceptors (Lipinski definition) is 2. The van der Waals surface area contributed by atoms with E-state index >= 15 is 0 Å². The van der Waals surface area contributed by atoms with Crippen LogP contribution >= 0.6 is 0 Å². The lowest BCUT2D eigenvalue weighted by Crippen LogP contribution is -2.25. The van der Waals surface area contributed by atoms with Crippen molar-refractivity contribution in [3.8, 4) is 16.9 Å². The molecule has 1 saturated carbocycles. The minimum atomic E-state index is -4.66. The molecule has 25 heavy (non-hydrogen) atoms. The highest BCUT2D eigenvalue weighted by atomic mass is 19.4. The molecule has 0 spiro atoms. The Morgan fingerprint density at radius 1 is 0.840 bits per heavy atom. The Labute approximate surface area is 146 Å². The molecular weight excluding hydrogens is 327 g/mol. The van der Waals surface area contributed by atoms with E-state index in [4.69, 9.17) is 0 Å². The van der Waals surface area contributed by atoms with Crippen LogP contribution in [0.1, 0.15) is 32.6 Å². The van der Waals surface area contributed by atoms with E-state index < -0.39 is 6.36 Å². The molecule has 1 aliphatic rings. The minimum absolute atomic E-state index is 0.207. The van der Waals surface area contributed by atoms with Crippen molar-refractivity contribution in [2.24, 2.45) is 5.92 Å². The summed E-state index contributed by atoms with van der Waals surface area (Å²) < 4.78 is 40.5. The van der Waals surface area contributed by atoms with Gasteiger partial charge in [-0.25, -0.2) is 0 Å². The number of rotatable bonds is 4. The van der Waals surface area contributed by atoms with Crippen molar-refractivity contribution in [3.05, 3.63) is 48.5 Å². The fourth-order valence-corrected chi connectivity index (χ4v) is 3.25. The Morgan fingerprint density at radius 3 is 1.88 bits per heavy atom. The lowest BCUT2D eigenvalue weighted by atomic mass is 9.87. The highest BCUT2D eigenvalue weighted by molar-refractivity contribution is 5.66. The summed E-state index contributed by atoms with van der Waals surface area (Å²) >= 11 is 0. The second-order valence-electron chi connectivity index (χ2n) is 6.75. The van der Waals surface area contributed by atoms with Crippen LogP contribution < -0.4 is 10.1 Å². The van der Waals surface area contributed by atoms with Gasteiger partial charge in [0.25, 0.3) is 0 Å². The molecule has 0 saturated heterocycles. The molecule has 1 N–H and O–H groups in total. The van der Waals surface area contributed by atoms with Gasteiger partial charge in [-0.05, 0) is 67.0 Å². The van der Waals surface area contributed by atoms with E-state index in [1.54, 1.807) is 12.1 Å². The summed E-state index contributed by atoms with van der Waals surface area (Å²) in [6.07, 6.45) is 0.267. The van der Waals surface area contributed by atoms with Gasteiger partial charge in [-0.2, -0.15) is 0 Å². The molecule has 5 heteroatoms. The van der Waals surface area contributed by atoms with Gasteiger partial charge in [-0.3, -0.25) is 0 Å². The molecule has 0 aromatic heterocycles. The average molecular weight is 349 g/mol. The molecule has 0 radical (unpaired) electrons. The first-order chi connectivity index (χ1) is 11.9. The van der Waals surface area contributed by atoms with Crippen LogP contribution in [0.2, 0.25) is 0 Å². The molecule has 0 unspecified atom stereocenters. The van der Waals surface area contributed by atoms with E-state index in [-0.39, 0.29) is 5.75 Å². The summed E-state index contributed by atoms with van der Waals surface area (Å²) in [5, 5.41) is 3.57. The summed E-state index contributed by atoms with van der Waals surface area (Å²) in [7, 11) is 0. The molecule has 1 fully saturated rings. The Morgan fingerprint density at radius 2 is 1.36 bits per heavy atom. The van der Waals surface area contributed by atoms with Crippen molar-refractivity contribution in [2.75, 3.05) is 5.32 Å². The predicted octanol–water partition coefficient (Wildman–Crippen LogP) is 6.24. The molecular formula is C20H22F3NO. The van der Waals surface area contributed by atoms with Crippen molar-refractivity contribution < 1.29 is 17.9 Å². The van der Waals surface area contributed by atoms with Gasteiger partial charge >= 0.3 is 6.36 Å². The number of hydrogen-bond donors (Lipinski definition) is 1. The summed E-state index contributed by atoms with van der Waals surface area (Å²) in [5.41, 5.74) is 2.90. The topological polar surface area (TPSA) is 21.3 Å². The normalized spacial score (nSPS) is 21.0. The van der Waals surface area contributed by atoms with Gasteiger partial charge in [0.05, 0.1) is 0 Å². The first kappa shape index (κ1) is 17.6. The van der Waals surface area contributed by atoms with E-state index in [0.717, 1.165) is 22.7 Å². The zero-order valence-electron chi connectivity index (χ0n) is 14.1. The third-order valence-electron chi connectivity index (χ3n) is 4.69. The molecule has 0 amide bonds. The van der Waals surface area contributed by atoms with Crippen LogP contribution in [-0.2, 0) is 0 Å². The zero-order chi connectivity index (χ0) is 17.9. The van der Waals surface area contributed by atoms with E-state index in [1.807, 2.05) is 24.3 Å². The van der Waals surface area contributed by atoms with Crippen molar-refractivity contribution in [1.82, 2.24) is 0 Å². The lowest BCUT2D eigenvalue weighted by molar-refractivity contribution is -0.274. The smallest absolute Gasteiger partial charge is 0.406 e. The monoisotopic (exact) mass is 349 g/mol. The van der Waals surface area contributed by atoms with Crippen LogP contribution in [-0.4, -0.2) is 12.4 Å². The standard InChI is InChI=1S/C20H22F3NO/c1-14-2-8-17(9-3-14)24-18-10-4-15(5-11-18)16-6-12-19(13-7-16)25-20(21,22)23/h4-7,10-14,17,24H,2-3,8-9H2,1H3/t14-,17-. The number of alkyl halides is 3. The van der Waals surface area contributed by atoms with Crippen molar-refractivity contribution in [3.63, 3.8) is 0 Å². The lowest BCUT2D eigenvalue weighted by Gasteiger charge is -2.27. The third-order valence-corrected chi connectivity index (χ3v) is 4.69. The highest BCUT2D eigenvalue weighted by Gasteiger charge is 2.30. The summed E-state index contributed by atoms with van der Waals surface area (Å²) in [5.74, 6) is 0.616. The molecule has 0 atom stereocenters. The largest absolute Gasteiger partial charge is 0.573 e. The van der Waals surface area contributed by atoms with Gasteiger partial charge in [-0.15, -0.1) is 13.2 Å². The van der Waals surface area contributed by atoms with Crippen LogP contribution in [0.5, 0.6) is 5.75 Å². The molecule has 2 aromatic rings. The molecule has 0 aliphatic heterocycles. The van der Waals surface area contributed by atoms with Gasteiger partial charge in [0.15, 0.2) is 0 Å². The van der Waals surface area contributed by atoms with Gasteiger partial charge in [0.1, 0.15) is 5.75 Å². The zero-order valence-corrected chi connectivity index (χ0v) is 14.1. The summed E-state index contributed by atoms with van der Waals surface area (Å²) in [6.45, 7) is 2.30. The molecule has 2 nitrogen and oxygen atoms in total. The Hall–Kier alpha value is -2.17. The first-order valence-corrected chi connectivity index (χ1v) is 8.62. The van der Waals surface area contributed by atoms with E-state index in [9.17, 15) is 13.2 Å². The molecule has 0 bridgehead atoms. The number of benzene rings is 2. The Bertz CT molecular complexity index is 672. The van der Waals surface area contributed by atoms with Gasteiger partial charge in [0.2, 0.25) is 0 Å².